The molecule has 2 aromatic carbocycles. The number of esters is 1. The van der Waals surface area contributed by atoms with Gasteiger partial charge in [0.05, 0.1) is 48.9 Å². The molecule has 3 amide bonds. The predicted octanol–water partition coefficient (Wildman–Crippen LogP) is 2.81. The summed E-state index contributed by atoms with van der Waals surface area (Å²) in [5.41, 5.74) is 2.88. The van der Waals surface area contributed by atoms with E-state index in [1.165, 1.54) is 35.2 Å². The van der Waals surface area contributed by atoms with Gasteiger partial charge in [-0.3, -0.25) is 18.9 Å². The highest BCUT2D eigenvalue weighted by atomic mass is 31.2. The quantitative estimate of drug-likeness (QED) is 0.183. The van der Waals surface area contributed by atoms with Crippen LogP contribution in [0.3, 0.4) is 0 Å². The summed E-state index contributed by atoms with van der Waals surface area (Å²) in [7, 11) is -2.84. The number of carbonyl (C=O) groups excluding carboxylic acids is 4. The zero-order chi connectivity index (χ0) is 33.2. The van der Waals surface area contributed by atoms with Crippen molar-refractivity contribution in [2.45, 2.75) is 32.7 Å². The fraction of sp³-hybridized carbons (Fsp3) is 0.321. The van der Waals surface area contributed by atoms with E-state index in [-0.39, 0.29) is 30.9 Å². The third-order valence-corrected chi connectivity index (χ3v) is 7.56. The molecule has 2 aliphatic heterocycles. The van der Waals surface area contributed by atoms with Crippen molar-refractivity contribution in [1.82, 2.24) is 14.7 Å². The van der Waals surface area contributed by atoms with Crippen LogP contribution in [0.1, 0.15) is 34.1 Å². The third kappa shape index (κ3) is 7.69. The number of anilines is 2. The number of phosphoric acid groups is 1. The van der Waals surface area contributed by atoms with Crippen LogP contribution in [0.2, 0.25) is 0 Å². The summed E-state index contributed by atoms with van der Waals surface area (Å²) in [6, 6.07) is 9.75. The zero-order valence-corrected chi connectivity index (χ0v) is 25.5. The third-order valence-electron chi connectivity index (χ3n) is 7.10. The summed E-state index contributed by atoms with van der Waals surface area (Å²) in [6.45, 7) is 0.355. The lowest BCUT2D eigenvalue weighted by Gasteiger charge is -2.21. The van der Waals surface area contributed by atoms with Gasteiger partial charge in [0.1, 0.15) is 11.9 Å². The van der Waals surface area contributed by atoms with Crippen molar-refractivity contribution in [3.05, 3.63) is 76.9 Å². The molecule has 0 spiro atoms. The topological polar surface area (TPSA) is 190 Å². The van der Waals surface area contributed by atoms with E-state index in [0.29, 0.717) is 29.2 Å². The Morgan fingerprint density at radius 1 is 1.13 bits per heavy atom. The molecule has 3 aromatic rings. The summed E-state index contributed by atoms with van der Waals surface area (Å²) in [6.07, 6.45) is -1.02. The van der Waals surface area contributed by atoms with E-state index in [2.05, 4.69) is 9.62 Å². The van der Waals surface area contributed by atoms with Gasteiger partial charge >= 0.3 is 26.0 Å². The number of halogens is 1. The summed E-state index contributed by atoms with van der Waals surface area (Å²) < 4.78 is 47.2. The van der Waals surface area contributed by atoms with Gasteiger partial charge in [-0.2, -0.15) is 5.10 Å². The van der Waals surface area contributed by atoms with Crippen LogP contribution in [-0.4, -0.2) is 74.5 Å². The van der Waals surface area contributed by atoms with Crippen LogP contribution in [0, 0.1) is 5.82 Å². The van der Waals surface area contributed by atoms with Crippen LogP contribution >= 0.6 is 7.82 Å². The van der Waals surface area contributed by atoms with E-state index in [4.69, 9.17) is 24.0 Å². The monoisotopic (exact) mass is 661 g/mol. The minimum Gasteiger partial charge on any atom is -0.442 e. The molecule has 244 valence electrons. The molecule has 3 heterocycles. The summed E-state index contributed by atoms with van der Waals surface area (Å²) >= 11 is 0. The second kappa shape index (κ2) is 13.3. The number of benzene rings is 2. The highest BCUT2D eigenvalue weighted by Gasteiger charge is 2.36. The molecule has 1 atom stereocenters. The molecular formula is C28H29FN5O11P. The second-order valence-corrected chi connectivity index (χ2v) is 11.7. The molecule has 2 N–H and O–H groups in total. The number of aromatic nitrogens is 2. The maximum atomic E-state index is 15.2. The SMILES string of the molecule is CC(=O)N(CC1CN(c2ccc(N3Cc4cn(C)nc4C3)c(F)c2)C(=O)O1)C(=O)OCOC(=O)c1ccc(COP(=O)(O)O)cc1. The summed E-state index contributed by atoms with van der Waals surface area (Å²) in [5, 5.41) is 4.37. The van der Waals surface area contributed by atoms with Gasteiger partial charge in [-0.15, -0.1) is 0 Å². The van der Waals surface area contributed by atoms with Crippen LogP contribution < -0.4 is 9.80 Å². The lowest BCUT2D eigenvalue weighted by atomic mass is 10.1. The van der Waals surface area contributed by atoms with Gasteiger partial charge in [-0.25, -0.2) is 28.2 Å². The molecule has 16 nitrogen and oxygen atoms in total. The highest BCUT2D eigenvalue weighted by molar-refractivity contribution is 7.46. The van der Waals surface area contributed by atoms with E-state index in [1.54, 1.807) is 16.8 Å². The zero-order valence-electron chi connectivity index (χ0n) is 24.6. The normalized spacial score (nSPS) is 15.8. The van der Waals surface area contributed by atoms with Crippen molar-refractivity contribution in [3.8, 4) is 0 Å². The Kier molecular flexibility index (Phi) is 9.39. The molecule has 0 bridgehead atoms. The van der Waals surface area contributed by atoms with Crippen molar-refractivity contribution in [3.63, 3.8) is 0 Å². The lowest BCUT2D eigenvalue weighted by molar-refractivity contribution is -0.128. The van der Waals surface area contributed by atoms with E-state index in [0.717, 1.165) is 18.2 Å². The molecule has 1 aromatic heterocycles. The van der Waals surface area contributed by atoms with Gasteiger partial charge in [-0.1, -0.05) is 12.1 Å². The number of ether oxygens (including phenoxy) is 3. The largest absolute Gasteiger partial charge is 0.469 e. The first-order chi connectivity index (χ1) is 21.8. The van der Waals surface area contributed by atoms with E-state index < -0.39 is 50.6 Å². The first-order valence-electron chi connectivity index (χ1n) is 13.7. The fourth-order valence-electron chi connectivity index (χ4n) is 4.93. The Balaban J connectivity index is 1.12. The predicted molar refractivity (Wildman–Crippen MR) is 155 cm³/mol. The molecular weight excluding hydrogens is 632 g/mol. The molecule has 0 aliphatic carbocycles. The molecule has 1 unspecified atom stereocenters. The van der Waals surface area contributed by atoms with Gasteiger partial charge in [-0.05, 0) is 35.9 Å². The molecule has 1 fully saturated rings. The standard InChI is InChI=1S/C28H29FN5O11P/c1-17(35)33(27(37)43-16-42-26(36)19-5-3-18(4-6-19)15-44-46(39,40)41)12-22-13-34(28(38)45-22)21-7-8-25(23(29)9-21)32-11-20-10-31(2)30-24(20)14-32/h3-10,22H,11-16H2,1-2H3,(H2,39,40,41). The van der Waals surface area contributed by atoms with Crippen LogP contribution in [0.4, 0.5) is 25.4 Å². The van der Waals surface area contributed by atoms with Crippen LogP contribution in [-0.2, 0) is 54.8 Å². The Morgan fingerprint density at radius 2 is 1.87 bits per heavy atom. The van der Waals surface area contributed by atoms with E-state index >= 15 is 4.39 Å². The first-order valence-corrected chi connectivity index (χ1v) is 15.3. The number of nitrogens with zero attached hydrogens (tertiary/aromatic N) is 5. The second-order valence-electron chi connectivity index (χ2n) is 10.4. The minimum atomic E-state index is -4.66. The number of imide groups is 1. The number of aryl methyl sites for hydroxylation is 1. The number of hydrogen-bond acceptors (Lipinski definition) is 11. The van der Waals surface area contributed by atoms with E-state index in [1.807, 2.05) is 18.1 Å². The van der Waals surface area contributed by atoms with Gasteiger partial charge in [0.15, 0.2) is 0 Å². The van der Waals surface area contributed by atoms with Crippen LogP contribution in [0.5, 0.6) is 0 Å². The molecule has 1 saturated heterocycles. The van der Waals surface area contributed by atoms with Gasteiger partial charge < -0.3 is 28.9 Å². The van der Waals surface area contributed by atoms with Gasteiger partial charge in [0, 0.05) is 32.3 Å². The number of cyclic esters (lactones) is 1. The number of phosphoric ester groups is 1. The molecule has 46 heavy (non-hydrogen) atoms. The van der Waals surface area contributed by atoms with Gasteiger partial charge in [0.2, 0.25) is 12.7 Å². The highest BCUT2D eigenvalue weighted by Crippen LogP contribution is 2.37. The number of hydrogen-bond donors (Lipinski definition) is 2. The summed E-state index contributed by atoms with van der Waals surface area (Å²) in [4.78, 5) is 70.9. The van der Waals surface area contributed by atoms with Crippen molar-refractivity contribution in [1.29, 1.82) is 0 Å². The van der Waals surface area contributed by atoms with Crippen molar-refractivity contribution >= 4 is 43.3 Å². The maximum Gasteiger partial charge on any atom is 0.469 e. The smallest absolute Gasteiger partial charge is 0.442 e. The summed E-state index contributed by atoms with van der Waals surface area (Å²) in [5.74, 6) is -2.15. The number of fused-ring (bicyclic) bond motifs is 1. The van der Waals surface area contributed by atoms with Crippen LogP contribution in [0.25, 0.3) is 0 Å². The number of amides is 3. The van der Waals surface area contributed by atoms with Crippen molar-refractivity contribution in [2.75, 3.05) is 29.7 Å². The van der Waals surface area contributed by atoms with Gasteiger partial charge in [0.25, 0.3) is 0 Å². The average Bonchev–Trinajstić information content (AvgIpc) is 3.66. The molecule has 18 heteroatoms. The number of carbonyl (C=O) groups is 4. The molecule has 5 rings (SSSR count). The Morgan fingerprint density at radius 3 is 2.52 bits per heavy atom. The maximum absolute atomic E-state index is 15.2. The average molecular weight is 662 g/mol. The molecule has 2 aliphatic rings. The van der Waals surface area contributed by atoms with E-state index in [9.17, 15) is 23.7 Å². The molecule has 0 saturated carbocycles. The van der Waals surface area contributed by atoms with Crippen molar-refractivity contribution in [2.24, 2.45) is 7.05 Å². The minimum absolute atomic E-state index is 0.0458. The van der Waals surface area contributed by atoms with Crippen LogP contribution in [0.15, 0.2) is 48.7 Å². The Labute approximate surface area is 261 Å². The fourth-order valence-corrected chi connectivity index (χ4v) is 5.25. The van der Waals surface area contributed by atoms with Crippen molar-refractivity contribution < 1.29 is 56.7 Å². The first kappa shape index (κ1) is 32.6. The number of rotatable bonds is 10. The Bertz CT molecular complexity index is 1690. The molecule has 0 radical (unpaired) electrons. The lowest BCUT2D eigenvalue weighted by Crippen LogP contribution is -2.42. The Hall–Kier alpha value is -4.83.